The maximum Gasteiger partial charge on any atom is 0.0801 e. The minimum atomic E-state index is 0.509. The van der Waals surface area contributed by atoms with Gasteiger partial charge in [0.1, 0.15) is 0 Å². The second kappa shape index (κ2) is 10.6. The number of hydrogen-bond donors (Lipinski definition) is 0. The molecule has 1 unspecified atom stereocenters. The van der Waals surface area contributed by atoms with E-state index in [1.165, 1.54) is 14.7 Å². The standard InChI is InChI=1S/C17H21NS2.C2H6/c1-4-8-14(5-2)19-13(3)16-10-11-17(20-16)15-9-6-7-12-18-15;1-2/h6-13H,4-5H2,1-3H3;1-2H3/b14-8-;. The van der Waals surface area contributed by atoms with Crippen LogP contribution in [0, 0.1) is 0 Å². The quantitative estimate of drug-likeness (QED) is 0.548. The van der Waals surface area contributed by atoms with E-state index in [0.717, 1.165) is 18.5 Å². The highest BCUT2D eigenvalue weighted by atomic mass is 32.2. The number of aromatic nitrogens is 1. The molecule has 0 bridgehead atoms. The number of allylic oxidation sites excluding steroid dienone is 2. The van der Waals surface area contributed by atoms with E-state index in [1.807, 2.05) is 55.3 Å². The molecule has 2 rings (SSSR count). The summed E-state index contributed by atoms with van der Waals surface area (Å²) in [6.45, 7) is 10.7. The largest absolute Gasteiger partial charge is 0.255 e. The maximum absolute atomic E-state index is 4.42. The first-order valence-electron chi connectivity index (χ1n) is 8.11. The van der Waals surface area contributed by atoms with Gasteiger partial charge in [0.05, 0.1) is 10.6 Å². The van der Waals surface area contributed by atoms with Gasteiger partial charge in [-0.3, -0.25) is 4.98 Å². The van der Waals surface area contributed by atoms with Crippen LogP contribution < -0.4 is 0 Å². The Morgan fingerprint density at radius 2 is 2.00 bits per heavy atom. The highest BCUT2D eigenvalue weighted by molar-refractivity contribution is 8.03. The van der Waals surface area contributed by atoms with Crippen molar-refractivity contribution in [1.82, 2.24) is 4.98 Å². The molecule has 0 aliphatic carbocycles. The average Bonchev–Trinajstić information content (AvgIpc) is 3.07. The molecule has 0 aliphatic heterocycles. The Labute approximate surface area is 143 Å². The molecule has 0 spiro atoms. The molecule has 0 aliphatic rings. The molecule has 0 radical (unpaired) electrons. The number of thioether (sulfide) groups is 1. The normalized spacial score (nSPS) is 12.5. The molecule has 0 amide bonds. The molecule has 2 heterocycles. The Hall–Kier alpha value is -1.06. The molecule has 2 aromatic rings. The van der Waals surface area contributed by atoms with Crippen LogP contribution in [0.5, 0.6) is 0 Å². The van der Waals surface area contributed by atoms with Gasteiger partial charge in [0.2, 0.25) is 0 Å². The Balaban J connectivity index is 0.00000116. The van der Waals surface area contributed by atoms with E-state index in [9.17, 15) is 0 Å². The van der Waals surface area contributed by atoms with Crippen LogP contribution in [0.4, 0.5) is 0 Å². The van der Waals surface area contributed by atoms with Crippen molar-refractivity contribution in [2.45, 2.75) is 52.7 Å². The maximum atomic E-state index is 4.42. The lowest BCUT2D eigenvalue weighted by atomic mass is 10.3. The van der Waals surface area contributed by atoms with Crippen LogP contribution >= 0.6 is 23.1 Å². The fraction of sp³-hybridized carbons (Fsp3) is 0.421. The van der Waals surface area contributed by atoms with E-state index >= 15 is 0 Å². The molecule has 0 N–H and O–H groups in total. The molecule has 22 heavy (non-hydrogen) atoms. The van der Waals surface area contributed by atoms with Crippen molar-refractivity contribution in [1.29, 1.82) is 0 Å². The summed E-state index contributed by atoms with van der Waals surface area (Å²) < 4.78 is 0. The van der Waals surface area contributed by atoms with Gasteiger partial charge in [-0.05, 0) is 48.9 Å². The molecule has 2 aromatic heterocycles. The van der Waals surface area contributed by atoms with Gasteiger partial charge in [0, 0.05) is 16.3 Å². The van der Waals surface area contributed by atoms with Gasteiger partial charge in [-0.2, -0.15) is 0 Å². The molecule has 3 heteroatoms. The van der Waals surface area contributed by atoms with Crippen LogP contribution in [0.3, 0.4) is 0 Å². The van der Waals surface area contributed by atoms with E-state index in [2.05, 4.69) is 50.0 Å². The van der Waals surface area contributed by atoms with E-state index in [1.54, 1.807) is 0 Å². The lowest BCUT2D eigenvalue weighted by Crippen LogP contribution is -1.85. The third kappa shape index (κ3) is 5.62. The van der Waals surface area contributed by atoms with Crippen molar-refractivity contribution in [2.75, 3.05) is 0 Å². The van der Waals surface area contributed by atoms with E-state index in [-0.39, 0.29) is 0 Å². The monoisotopic (exact) mass is 333 g/mol. The summed E-state index contributed by atoms with van der Waals surface area (Å²) in [6, 6.07) is 10.5. The van der Waals surface area contributed by atoms with Gasteiger partial charge in [0.15, 0.2) is 0 Å². The fourth-order valence-electron chi connectivity index (χ4n) is 2.01. The van der Waals surface area contributed by atoms with Crippen molar-refractivity contribution in [3.8, 4) is 10.6 Å². The zero-order chi connectivity index (χ0) is 16.4. The lowest BCUT2D eigenvalue weighted by molar-refractivity contribution is 1.11. The summed E-state index contributed by atoms with van der Waals surface area (Å²) in [5.41, 5.74) is 1.07. The SMILES string of the molecule is CC.CC/C=C(/CC)SC(C)c1ccc(-c2ccccn2)s1. The van der Waals surface area contributed by atoms with Crippen molar-refractivity contribution < 1.29 is 0 Å². The number of hydrogen-bond acceptors (Lipinski definition) is 3. The van der Waals surface area contributed by atoms with E-state index < -0.39 is 0 Å². The highest BCUT2D eigenvalue weighted by Gasteiger charge is 2.12. The van der Waals surface area contributed by atoms with Crippen molar-refractivity contribution in [3.63, 3.8) is 0 Å². The van der Waals surface area contributed by atoms with Crippen LogP contribution in [-0.2, 0) is 0 Å². The highest BCUT2D eigenvalue weighted by Crippen LogP contribution is 2.40. The summed E-state index contributed by atoms with van der Waals surface area (Å²) in [4.78, 5) is 8.59. The van der Waals surface area contributed by atoms with Crippen molar-refractivity contribution in [3.05, 3.63) is 52.4 Å². The predicted octanol–water partition coefficient (Wildman–Crippen LogP) is 7.33. The average molecular weight is 334 g/mol. The molecule has 120 valence electrons. The molecular formula is C19H27NS2. The number of thiophene rings is 1. The Bertz CT molecular complexity index is 558. The van der Waals surface area contributed by atoms with Crippen molar-refractivity contribution >= 4 is 23.1 Å². The molecule has 0 aromatic carbocycles. The first-order chi connectivity index (χ1) is 10.7. The molecule has 1 nitrogen and oxygen atoms in total. The zero-order valence-electron chi connectivity index (χ0n) is 14.3. The second-order valence-electron chi connectivity index (χ2n) is 4.61. The third-order valence-electron chi connectivity index (χ3n) is 3.05. The minimum Gasteiger partial charge on any atom is -0.255 e. The van der Waals surface area contributed by atoms with Crippen LogP contribution in [0.15, 0.2) is 47.5 Å². The first kappa shape index (κ1) is 19.0. The second-order valence-corrected chi connectivity index (χ2v) is 7.19. The zero-order valence-corrected chi connectivity index (χ0v) is 15.9. The van der Waals surface area contributed by atoms with Crippen LogP contribution in [0.2, 0.25) is 0 Å². The summed E-state index contributed by atoms with van der Waals surface area (Å²) in [6.07, 6.45) is 6.44. The fourth-order valence-corrected chi connectivity index (χ4v) is 4.29. The molecular weight excluding hydrogens is 306 g/mol. The van der Waals surface area contributed by atoms with E-state index in [4.69, 9.17) is 0 Å². The number of pyridine rings is 1. The van der Waals surface area contributed by atoms with E-state index in [0.29, 0.717) is 5.25 Å². The van der Waals surface area contributed by atoms with Crippen LogP contribution in [0.1, 0.15) is 57.6 Å². The topological polar surface area (TPSA) is 12.9 Å². The van der Waals surface area contributed by atoms with Gasteiger partial charge in [-0.1, -0.05) is 39.8 Å². The number of nitrogens with zero attached hydrogens (tertiary/aromatic N) is 1. The third-order valence-corrected chi connectivity index (χ3v) is 5.86. The van der Waals surface area contributed by atoms with Gasteiger partial charge in [0.25, 0.3) is 0 Å². The smallest absolute Gasteiger partial charge is 0.0801 e. The van der Waals surface area contributed by atoms with Crippen molar-refractivity contribution in [2.24, 2.45) is 0 Å². The molecule has 0 saturated heterocycles. The summed E-state index contributed by atoms with van der Waals surface area (Å²) in [7, 11) is 0. The summed E-state index contributed by atoms with van der Waals surface area (Å²) >= 11 is 3.84. The lowest BCUT2D eigenvalue weighted by Gasteiger charge is -2.11. The molecule has 0 fully saturated rings. The van der Waals surface area contributed by atoms with Crippen LogP contribution in [-0.4, -0.2) is 4.98 Å². The van der Waals surface area contributed by atoms with Gasteiger partial charge >= 0.3 is 0 Å². The Morgan fingerprint density at radius 1 is 1.23 bits per heavy atom. The number of rotatable bonds is 6. The minimum absolute atomic E-state index is 0.509. The van der Waals surface area contributed by atoms with Gasteiger partial charge in [-0.25, -0.2) is 0 Å². The Morgan fingerprint density at radius 3 is 2.59 bits per heavy atom. The first-order valence-corrected chi connectivity index (χ1v) is 9.81. The van der Waals surface area contributed by atoms with Gasteiger partial charge in [-0.15, -0.1) is 23.1 Å². The molecule has 1 atom stereocenters. The summed E-state index contributed by atoms with van der Waals surface area (Å²) in [5, 5.41) is 0.509. The predicted molar refractivity (Wildman–Crippen MR) is 104 cm³/mol. The van der Waals surface area contributed by atoms with Crippen LogP contribution in [0.25, 0.3) is 10.6 Å². The summed E-state index contributed by atoms with van der Waals surface area (Å²) in [5.74, 6) is 0. The van der Waals surface area contributed by atoms with Gasteiger partial charge < -0.3 is 0 Å². The Kier molecular flexibility index (Phi) is 9.17. The molecule has 0 saturated carbocycles.